The van der Waals surface area contributed by atoms with Crippen LogP contribution in [-0.4, -0.2) is 34.9 Å². The molecule has 23 heavy (non-hydrogen) atoms. The van der Waals surface area contributed by atoms with E-state index in [0.29, 0.717) is 0 Å². The van der Waals surface area contributed by atoms with Crippen LogP contribution in [0.5, 0.6) is 0 Å². The molecule has 0 N–H and O–H groups in total. The molecule has 0 atom stereocenters. The Morgan fingerprint density at radius 2 is 1.26 bits per heavy atom. The van der Waals surface area contributed by atoms with Crippen LogP contribution in [0.25, 0.3) is 0 Å². The van der Waals surface area contributed by atoms with E-state index >= 15 is 0 Å². The number of rotatable bonds is 13. The summed E-state index contributed by atoms with van der Waals surface area (Å²) in [6.07, 6.45) is 8.55. The van der Waals surface area contributed by atoms with Crippen molar-refractivity contribution in [2.24, 2.45) is 0 Å². The Hall–Kier alpha value is -0.0213. The van der Waals surface area contributed by atoms with Gasteiger partial charge in [0.05, 0.1) is 0 Å². The minimum atomic E-state index is -2.01. The molecule has 0 amide bonds. The first-order chi connectivity index (χ1) is 11.2. The first-order valence-corrected chi connectivity index (χ1v) is 18.0. The van der Waals surface area contributed by atoms with Gasteiger partial charge in [0, 0.05) is 0 Å². The molecule has 0 spiro atoms. The van der Waals surface area contributed by atoms with Gasteiger partial charge >= 0.3 is 150 Å². The average Bonchev–Trinajstić information content (AvgIpc) is 2.57. The molecular weight excluding hydrogens is 385 g/mol. The third-order valence-electron chi connectivity index (χ3n) is 5.08. The van der Waals surface area contributed by atoms with Gasteiger partial charge in [0.2, 0.25) is 0 Å². The van der Waals surface area contributed by atoms with E-state index in [0.717, 1.165) is 6.54 Å². The molecule has 0 radical (unpaired) electrons. The van der Waals surface area contributed by atoms with E-state index in [4.69, 9.17) is 0 Å². The van der Waals surface area contributed by atoms with Crippen molar-refractivity contribution >= 4 is 18.4 Å². The molecule has 1 nitrogen and oxygen atoms in total. The van der Waals surface area contributed by atoms with Gasteiger partial charge in [-0.05, 0) is 0 Å². The predicted molar refractivity (Wildman–Crippen MR) is 108 cm³/mol. The Kier molecular flexibility index (Phi) is 11.3. The summed E-state index contributed by atoms with van der Waals surface area (Å²) in [4.78, 5) is 2.66. The minimum absolute atomic E-state index is 1.13. The molecule has 132 valence electrons. The van der Waals surface area contributed by atoms with E-state index in [2.05, 4.69) is 63.1 Å². The van der Waals surface area contributed by atoms with Gasteiger partial charge in [-0.1, -0.05) is 0 Å². The second kappa shape index (κ2) is 12.4. The maximum atomic E-state index is 2.66. The third kappa shape index (κ3) is 8.58. The molecule has 0 bridgehead atoms. The van der Waals surface area contributed by atoms with Gasteiger partial charge in [-0.15, -0.1) is 0 Å². The summed E-state index contributed by atoms with van der Waals surface area (Å²) in [5.74, 6) is 0. The fraction of sp³-hybridized carbons (Fsp3) is 0.714. The summed E-state index contributed by atoms with van der Waals surface area (Å²) >= 11 is -2.01. The van der Waals surface area contributed by atoms with Gasteiger partial charge in [0.1, 0.15) is 0 Å². The van der Waals surface area contributed by atoms with Crippen molar-refractivity contribution in [3.63, 3.8) is 0 Å². The van der Waals surface area contributed by atoms with Gasteiger partial charge in [-0.2, -0.15) is 0 Å². The average molecular weight is 424 g/mol. The Morgan fingerprint density at radius 1 is 0.783 bits per heavy atom. The fourth-order valence-electron chi connectivity index (χ4n) is 3.79. The normalized spacial score (nSPS) is 12.0. The molecule has 0 aromatic heterocycles. The van der Waals surface area contributed by atoms with Crippen LogP contribution in [-0.2, 0) is 6.54 Å². The van der Waals surface area contributed by atoms with Crippen LogP contribution in [0.3, 0.4) is 0 Å². The van der Waals surface area contributed by atoms with Crippen molar-refractivity contribution in [3.8, 4) is 0 Å². The number of unbranched alkanes of at least 4 members (excludes halogenated alkanes) is 3. The summed E-state index contributed by atoms with van der Waals surface area (Å²) in [5.41, 5.74) is 1.47. The zero-order valence-electron chi connectivity index (χ0n) is 16.1. The second-order valence-corrected chi connectivity index (χ2v) is 21.2. The molecule has 1 aromatic carbocycles. The maximum absolute atomic E-state index is 2.66. The predicted octanol–water partition coefficient (Wildman–Crippen LogP) is 6.51. The van der Waals surface area contributed by atoms with Crippen LogP contribution < -0.4 is 0 Å². The fourth-order valence-corrected chi connectivity index (χ4v) is 20.3. The van der Waals surface area contributed by atoms with Crippen LogP contribution in [0.4, 0.5) is 0 Å². The van der Waals surface area contributed by atoms with E-state index in [1.807, 2.05) is 0 Å². The first kappa shape index (κ1) is 21.0. The summed E-state index contributed by atoms with van der Waals surface area (Å²) in [6, 6.07) is 11.0. The van der Waals surface area contributed by atoms with Crippen molar-refractivity contribution in [1.82, 2.24) is 4.90 Å². The molecule has 0 fully saturated rings. The molecule has 2 heteroatoms. The molecule has 0 unspecified atom stereocenters. The van der Waals surface area contributed by atoms with Crippen LogP contribution in [0, 0.1) is 0 Å². The molecule has 0 aliphatic carbocycles. The van der Waals surface area contributed by atoms with Crippen molar-refractivity contribution in [2.45, 2.75) is 79.2 Å². The molecule has 1 rings (SSSR count). The Balaban J connectivity index is 2.73. The first-order valence-electron chi connectivity index (χ1n) is 9.88. The van der Waals surface area contributed by atoms with Crippen LogP contribution in [0.1, 0.15) is 64.9 Å². The van der Waals surface area contributed by atoms with Crippen LogP contribution in [0.15, 0.2) is 30.3 Å². The van der Waals surface area contributed by atoms with Gasteiger partial charge in [-0.25, -0.2) is 0 Å². The zero-order chi connectivity index (χ0) is 17.0. The number of hydrogen-bond acceptors (Lipinski definition) is 1. The summed E-state index contributed by atoms with van der Waals surface area (Å²) < 4.78 is 6.31. The summed E-state index contributed by atoms with van der Waals surface area (Å²) in [5, 5.41) is 0. The van der Waals surface area contributed by atoms with Crippen molar-refractivity contribution in [1.29, 1.82) is 0 Å². The van der Waals surface area contributed by atoms with E-state index in [9.17, 15) is 0 Å². The van der Waals surface area contributed by atoms with Gasteiger partial charge in [0.25, 0.3) is 0 Å². The van der Waals surface area contributed by atoms with Gasteiger partial charge in [0.15, 0.2) is 0 Å². The van der Waals surface area contributed by atoms with E-state index in [-0.39, 0.29) is 0 Å². The van der Waals surface area contributed by atoms with Gasteiger partial charge in [-0.3, -0.25) is 0 Å². The molecular formula is C21H39NSn. The Bertz CT molecular complexity index is 368. The topological polar surface area (TPSA) is 3.24 Å². The van der Waals surface area contributed by atoms with E-state index in [1.165, 1.54) is 48.6 Å². The second-order valence-electron chi connectivity index (χ2n) is 7.47. The van der Waals surface area contributed by atoms with Crippen molar-refractivity contribution in [2.75, 3.05) is 11.6 Å². The molecule has 0 aliphatic heterocycles. The standard InChI is InChI=1S/C9H12N.3C4H9.Sn/c1-10(2)8-9-6-4-3-5-7-9;3*1-3-4-2;/h3-7H,1,8H2,2H3;3*1,3-4H2,2H3;. The third-order valence-corrected chi connectivity index (χ3v) is 20.6. The zero-order valence-corrected chi connectivity index (χ0v) is 19.0. The van der Waals surface area contributed by atoms with Crippen molar-refractivity contribution < 1.29 is 0 Å². The monoisotopic (exact) mass is 425 g/mol. The molecule has 1 aromatic rings. The van der Waals surface area contributed by atoms with Crippen LogP contribution >= 0.6 is 0 Å². The number of nitrogens with zero attached hydrogens (tertiary/aromatic N) is 1. The quantitative estimate of drug-likeness (QED) is 0.327. The molecule has 0 saturated carbocycles. The Labute approximate surface area is 149 Å². The molecule has 0 heterocycles. The number of benzene rings is 1. The summed E-state index contributed by atoms with van der Waals surface area (Å²) in [7, 11) is 2.36. The SMILES string of the molecule is CCC[CH2][Sn]([CH2]CCC)([CH2]CCC)[CH2]N(C)Cc1ccccc1. The number of hydrogen-bond donors (Lipinski definition) is 0. The summed E-state index contributed by atoms with van der Waals surface area (Å²) in [6.45, 7) is 8.22. The van der Waals surface area contributed by atoms with Gasteiger partial charge < -0.3 is 0 Å². The van der Waals surface area contributed by atoms with Crippen molar-refractivity contribution in [3.05, 3.63) is 35.9 Å². The molecule has 0 saturated heterocycles. The Morgan fingerprint density at radius 3 is 1.70 bits per heavy atom. The van der Waals surface area contributed by atoms with Crippen LogP contribution in [0.2, 0.25) is 13.3 Å². The van der Waals surface area contributed by atoms with E-state index < -0.39 is 18.4 Å². The van der Waals surface area contributed by atoms with E-state index in [1.54, 1.807) is 13.3 Å². The molecule has 0 aliphatic rings.